The summed E-state index contributed by atoms with van der Waals surface area (Å²) < 4.78 is 18.0. The molecule has 0 aliphatic carbocycles. The standard InChI is InChI=1S/C27H25N5O4/c1-4-8-23-25(27(33)28-22-14-12-19(34-2)16-24(22)35-3)29-31-32(23)18-11-13-21-20(15-18)26(36-30-21)17-9-6-5-7-10-17/h5-7,9-16H,4,8H2,1-3H3,(H,28,33). The van der Waals surface area contributed by atoms with E-state index in [1.165, 1.54) is 7.11 Å². The van der Waals surface area contributed by atoms with Crippen LogP contribution in [0.5, 0.6) is 11.5 Å². The monoisotopic (exact) mass is 483 g/mol. The summed E-state index contributed by atoms with van der Waals surface area (Å²) >= 11 is 0. The number of fused-ring (bicyclic) bond motifs is 1. The zero-order valence-corrected chi connectivity index (χ0v) is 20.2. The third-order valence-electron chi connectivity index (χ3n) is 5.86. The molecule has 5 rings (SSSR count). The Morgan fingerprint density at radius 3 is 2.61 bits per heavy atom. The van der Waals surface area contributed by atoms with Crippen LogP contribution in [0.4, 0.5) is 5.69 Å². The fourth-order valence-corrected chi connectivity index (χ4v) is 4.09. The molecule has 0 saturated heterocycles. The Kier molecular flexibility index (Phi) is 6.36. The van der Waals surface area contributed by atoms with Crippen molar-refractivity contribution < 1.29 is 18.8 Å². The molecule has 0 aliphatic rings. The van der Waals surface area contributed by atoms with Gasteiger partial charge in [0.25, 0.3) is 5.91 Å². The lowest BCUT2D eigenvalue weighted by atomic mass is 10.1. The Balaban J connectivity index is 1.52. The van der Waals surface area contributed by atoms with E-state index in [4.69, 9.17) is 14.0 Å². The van der Waals surface area contributed by atoms with Crippen LogP contribution in [-0.4, -0.2) is 40.3 Å². The zero-order valence-electron chi connectivity index (χ0n) is 20.2. The van der Waals surface area contributed by atoms with Crippen LogP contribution in [-0.2, 0) is 6.42 Å². The van der Waals surface area contributed by atoms with E-state index in [9.17, 15) is 4.79 Å². The Morgan fingerprint density at radius 1 is 1.03 bits per heavy atom. The highest BCUT2D eigenvalue weighted by Crippen LogP contribution is 2.32. The quantitative estimate of drug-likeness (QED) is 0.319. The highest BCUT2D eigenvalue weighted by molar-refractivity contribution is 6.04. The molecule has 5 aromatic rings. The smallest absolute Gasteiger partial charge is 0.278 e. The molecule has 0 bridgehead atoms. The SMILES string of the molecule is CCCc1c(C(=O)Nc2ccc(OC)cc2OC)nnn1-c1ccc2noc(-c3ccccc3)c2c1. The van der Waals surface area contributed by atoms with Crippen molar-refractivity contribution in [2.45, 2.75) is 19.8 Å². The number of nitrogens with zero attached hydrogens (tertiary/aromatic N) is 4. The van der Waals surface area contributed by atoms with Gasteiger partial charge >= 0.3 is 0 Å². The number of hydrogen-bond acceptors (Lipinski definition) is 7. The molecule has 2 heterocycles. The molecule has 0 radical (unpaired) electrons. The van der Waals surface area contributed by atoms with E-state index in [1.54, 1.807) is 30.0 Å². The second kappa shape index (κ2) is 9.91. The molecule has 9 nitrogen and oxygen atoms in total. The van der Waals surface area contributed by atoms with Crippen molar-refractivity contribution in [3.05, 3.63) is 78.1 Å². The van der Waals surface area contributed by atoms with Crippen molar-refractivity contribution in [3.63, 3.8) is 0 Å². The minimum absolute atomic E-state index is 0.253. The summed E-state index contributed by atoms with van der Waals surface area (Å²) in [6, 6.07) is 20.7. The molecule has 0 spiro atoms. The first-order chi connectivity index (χ1) is 17.6. The van der Waals surface area contributed by atoms with Crippen LogP contribution in [0, 0.1) is 0 Å². The molecule has 36 heavy (non-hydrogen) atoms. The van der Waals surface area contributed by atoms with Gasteiger partial charge in [-0.05, 0) is 36.8 Å². The molecule has 1 amide bonds. The van der Waals surface area contributed by atoms with E-state index in [0.717, 1.165) is 28.6 Å². The Hall–Kier alpha value is -4.66. The highest BCUT2D eigenvalue weighted by atomic mass is 16.5. The average molecular weight is 484 g/mol. The number of carbonyl (C=O) groups is 1. The van der Waals surface area contributed by atoms with E-state index in [-0.39, 0.29) is 11.6 Å². The first kappa shape index (κ1) is 23.1. The molecular formula is C27H25N5O4. The number of carbonyl (C=O) groups excluding carboxylic acids is 1. The summed E-state index contributed by atoms with van der Waals surface area (Å²) in [4.78, 5) is 13.2. The zero-order chi connectivity index (χ0) is 25.1. The van der Waals surface area contributed by atoms with Crippen molar-refractivity contribution in [1.82, 2.24) is 20.2 Å². The summed E-state index contributed by atoms with van der Waals surface area (Å²) in [5.74, 6) is 1.42. The first-order valence-corrected chi connectivity index (χ1v) is 11.6. The van der Waals surface area contributed by atoms with Crippen LogP contribution in [0.25, 0.3) is 27.9 Å². The number of amides is 1. The van der Waals surface area contributed by atoms with E-state index in [0.29, 0.717) is 35.1 Å². The fraction of sp³-hybridized carbons (Fsp3) is 0.185. The molecule has 182 valence electrons. The van der Waals surface area contributed by atoms with Gasteiger partial charge in [0, 0.05) is 11.6 Å². The van der Waals surface area contributed by atoms with Crippen LogP contribution in [0.3, 0.4) is 0 Å². The average Bonchev–Trinajstić information content (AvgIpc) is 3.53. The maximum absolute atomic E-state index is 13.2. The van der Waals surface area contributed by atoms with Gasteiger partial charge in [-0.3, -0.25) is 4.79 Å². The van der Waals surface area contributed by atoms with Gasteiger partial charge in [-0.1, -0.05) is 54.0 Å². The molecule has 0 aliphatic heterocycles. The number of benzene rings is 3. The highest BCUT2D eigenvalue weighted by Gasteiger charge is 2.22. The van der Waals surface area contributed by atoms with Gasteiger partial charge in [0.1, 0.15) is 17.0 Å². The topological polar surface area (TPSA) is 104 Å². The summed E-state index contributed by atoms with van der Waals surface area (Å²) in [6.45, 7) is 2.04. The van der Waals surface area contributed by atoms with Crippen LogP contribution in [0.1, 0.15) is 29.5 Å². The predicted molar refractivity (Wildman–Crippen MR) is 136 cm³/mol. The molecule has 1 N–H and O–H groups in total. The Labute approximate surface area is 207 Å². The van der Waals surface area contributed by atoms with Gasteiger partial charge in [-0.25, -0.2) is 4.68 Å². The molecule has 0 fully saturated rings. The molecule has 9 heteroatoms. The number of nitrogens with one attached hydrogen (secondary N) is 1. The second-order valence-corrected chi connectivity index (χ2v) is 8.15. The number of hydrogen-bond donors (Lipinski definition) is 1. The summed E-state index contributed by atoms with van der Waals surface area (Å²) in [5, 5.41) is 16.5. The number of rotatable bonds is 8. The minimum Gasteiger partial charge on any atom is -0.497 e. The number of methoxy groups -OCH3 is 2. The first-order valence-electron chi connectivity index (χ1n) is 11.6. The lowest BCUT2D eigenvalue weighted by Gasteiger charge is -2.12. The number of ether oxygens (including phenoxy) is 2. The normalized spacial score (nSPS) is 11.0. The van der Waals surface area contributed by atoms with E-state index in [2.05, 4.69) is 20.8 Å². The maximum atomic E-state index is 13.2. The molecule has 3 aromatic carbocycles. The van der Waals surface area contributed by atoms with Crippen molar-refractivity contribution in [1.29, 1.82) is 0 Å². The molecule has 2 aromatic heterocycles. The second-order valence-electron chi connectivity index (χ2n) is 8.15. The van der Waals surface area contributed by atoms with Crippen molar-refractivity contribution in [2.75, 3.05) is 19.5 Å². The third-order valence-corrected chi connectivity index (χ3v) is 5.86. The van der Waals surface area contributed by atoms with Crippen molar-refractivity contribution in [3.8, 4) is 28.5 Å². The van der Waals surface area contributed by atoms with Gasteiger partial charge in [0.15, 0.2) is 11.5 Å². The Bertz CT molecular complexity index is 1520. The van der Waals surface area contributed by atoms with Gasteiger partial charge in [0.05, 0.1) is 36.7 Å². The van der Waals surface area contributed by atoms with Gasteiger partial charge in [-0.15, -0.1) is 5.10 Å². The maximum Gasteiger partial charge on any atom is 0.278 e. The van der Waals surface area contributed by atoms with Gasteiger partial charge in [0.2, 0.25) is 0 Å². The van der Waals surface area contributed by atoms with Gasteiger partial charge in [-0.2, -0.15) is 0 Å². The molecule has 0 saturated carbocycles. The third kappa shape index (κ3) is 4.26. The Morgan fingerprint density at radius 2 is 1.86 bits per heavy atom. The molecule has 0 atom stereocenters. The number of aromatic nitrogens is 4. The lowest BCUT2D eigenvalue weighted by Crippen LogP contribution is -2.16. The van der Waals surface area contributed by atoms with E-state index < -0.39 is 0 Å². The number of anilines is 1. The molecule has 0 unspecified atom stereocenters. The van der Waals surface area contributed by atoms with Crippen molar-refractivity contribution in [2.24, 2.45) is 0 Å². The largest absolute Gasteiger partial charge is 0.497 e. The van der Waals surface area contributed by atoms with Crippen LogP contribution in [0.15, 0.2) is 71.3 Å². The van der Waals surface area contributed by atoms with Crippen LogP contribution < -0.4 is 14.8 Å². The summed E-state index contributed by atoms with van der Waals surface area (Å²) in [5.41, 5.74) is 3.90. The fourth-order valence-electron chi connectivity index (χ4n) is 4.09. The van der Waals surface area contributed by atoms with Crippen LogP contribution >= 0.6 is 0 Å². The molecular weight excluding hydrogens is 458 g/mol. The summed E-state index contributed by atoms with van der Waals surface area (Å²) in [6.07, 6.45) is 1.42. The van der Waals surface area contributed by atoms with Gasteiger partial charge < -0.3 is 19.3 Å². The van der Waals surface area contributed by atoms with E-state index in [1.807, 2.05) is 55.5 Å². The van der Waals surface area contributed by atoms with Crippen LogP contribution in [0.2, 0.25) is 0 Å². The summed E-state index contributed by atoms with van der Waals surface area (Å²) in [7, 11) is 3.11. The lowest BCUT2D eigenvalue weighted by molar-refractivity contribution is 0.102. The predicted octanol–water partition coefficient (Wildman–Crippen LogP) is 5.30. The minimum atomic E-state index is -0.371. The van der Waals surface area contributed by atoms with Crippen molar-refractivity contribution >= 4 is 22.5 Å². The van der Waals surface area contributed by atoms with E-state index >= 15 is 0 Å².